The standard InChI is InChI=1S/C16H14Cl2F2N2O/c1-9(12-4-3-11(19)7-14(12)20)21-8-16(23)22-15-5-2-10(17)6-13(15)18/h2-7,9,21H,8H2,1H3,(H,22,23)/t9-/m1/s1. The molecule has 0 saturated carbocycles. The fourth-order valence-corrected chi connectivity index (χ4v) is 2.45. The van der Waals surface area contributed by atoms with Gasteiger partial charge >= 0.3 is 0 Å². The van der Waals surface area contributed by atoms with E-state index in [1.807, 2.05) is 0 Å². The molecule has 0 aliphatic carbocycles. The van der Waals surface area contributed by atoms with Crippen molar-refractivity contribution in [3.63, 3.8) is 0 Å². The summed E-state index contributed by atoms with van der Waals surface area (Å²) in [5.41, 5.74) is 0.715. The maximum atomic E-state index is 13.7. The van der Waals surface area contributed by atoms with E-state index < -0.39 is 17.7 Å². The van der Waals surface area contributed by atoms with E-state index >= 15 is 0 Å². The number of rotatable bonds is 5. The highest BCUT2D eigenvalue weighted by Crippen LogP contribution is 2.25. The van der Waals surface area contributed by atoms with Gasteiger partial charge in [-0.05, 0) is 31.2 Å². The summed E-state index contributed by atoms with van der Waals surface area (Å²) in [6, 6.07) is 7.57. The first kappa shape index (κ1) is 17.7. The molecule has 2 aromatic carbocycles. The third kappa shape index (κ3) is 4.89. The first-order valence-corrected chi connectivity index (χ1v) is 7.55. The number of benzene rings is 2. The quantitative estimate of drug-likeness (QED) is 0.822. The molecule has 1 atom stereocenters. The second kappa shape index (κ2) is 7.73. The van der Waals surface area contributed by atoms with Crippen molar-refractivity contribution in [2.45, 2.75) is 13.0 Å². The molecule has 0 unspecified atom stereocenters. The second-order valence-electron chi connectivity index (χ2n) is 4.94. The number of halogens is 4. The van der Waals surface area contributed by atoms with Crippen molar-refractivity contribution in [3.8, 4) is 0 Å². The molecule has 0 radical (unpaired) electrons. The Kier molecular flexibility index (Phi) is 5.93. The Bertz CT molecular complexity index is 725. The van der Waals surface area contributed by atoms with Crippen LogP contribution in [0.15, 0.2) is 36.4 Å². The molecule has 2 aromatic rings. The Hall–Kier alpha value is -1.69. The van der Waals surface area contributed by atoms with Gasteiger partial charge in [0.2, 0.25) is 5.91 Å². The third-order valence-electron chi connectivity index (χ3n) is 3.20. The van der Waals surface area contributed by atoms with Gasteiger partial charge in [-0.25, -0.2) is 8.78 Å². The van der Waals surface area contributed by atoms with Crippen LogP contribution in [0.5, 0.6) is 0 Å². The van der Waals surface area contributed by atoms with Crippen molar-refractivity contribution < 1.29 is 13.6 Å². The first-order chi connectivity index (χ1) is 10.9. The van der Waals surface area contributed by atoms with Crippen molar-refractivity contribution in [2.24, 2.45) is 0 Å². The maximum Gasteiger partial charge on any atom is 0.238 e. The summed E-state index contributed by atoms with van der Waals surface area (Å²) in [5.74, 6) is -1.65. The Morgan fingerprint density at radius 1 is 1.17 bits per heavy atom. The van der Waals surface area contributed by atoms with E-state index in [0.717, 1.165) is 6.07 Å². The molecule has 3 nitrogen and oxygen atoms in total. The molecule has 0 bridgehead atoms. The minimum absolute atomic E-state index is 0.0586. The van der Waals surface area contributed by atoms with E-state index in [1.165, 1.54) is 18.2 Å². The zero-order chi connectivity index (χ0) is 17.0. The summed E-state index contributed by atoms with van der Waals surface area (Å²) in [6.07, 6.45) is 0. The molecular formula is C16H14Cl2F2N2O. The summed E-state index contributed by atoms with van der Waals surface area (Å²) >= 11 is 11.7. The van der Waals surface area contributed by atoms with Crippen molar-refractivity contribution in [1.82, 2.24) is 5.32 Å². The highest BCUT2D eigenvalue weighted by molar-refractivity contribution is 6.36. The van der Waals surface area contributed by atoms with E-state index in [0.29, 0.717) is 15.7 Å². The van der Waals surface area contributed by atoms with Crippen LogP contribution < -0.4 is 10.6 Å². The van der Waals surface area contributed by atoms with Gasteiger partial charge in [-0.1, -0.05) is 29.3 Å². The van der Waals surface area contributed by atoms with Gasteiger partial charge in [0.1, 0.15) is 11.6 Å². The van der Waals surface area contributed by atoms with Crippen LogP contribution in [0.4, 0.5) is 14.5 Å². The molecule has 0 spiro atoms. The van der Waals surface area contributed by atoms with Crippen LogP contribution in [-0.2, 0) is 4.79 Å². The van der Waals surface area contributed by atoms with Crippen molar-refractivity contribution in [1.29, 1.82) is 0 Å². The zero-order valence-electron chi connectivity index (χ0n) is 12.2. The molecule has 1 amide bonds. The van der Waals surface area contributed by atoms with Crippen LogP contribution >= 0.6 is 23.2 Å². The predicted molar refractivity (Wildman–Crippen MR) is 87.9 cm³/mol. The van der Waals surface area contributed by atoms with E-state index in [4.69, 9.17) is 23.2 Å². The van der Waals surface area contributed by atoms with Crippen LogP contribution in [0.25, 0.3) is 0 Å². The van der Waals surface area contributed by atoms with Gasteiger partial charge in [-0.2, -0.15) is 0 Å². The number of anilines is 1. The summed E-state index contributed by atoms with van der Waals surface area (Å²) in [4.78, 5) is 11.9. The molecule has 0 aromatic heterocycles. The lowest BCUT2D eigenvalue weighted by Crippen LogP contribution is -2.30. The molecule has 0 fully saturated rings. The van der Waals surface area contributed by atoms with E-state index in [2.05, 4.69) is 10.6 Å². The number of hydrogen-bond acceptors (Lipinski definition) is 2. The normalized spacial score (nSPS) is 12.0. The van der Waals surface area contributed by atoms with Gasteiger partial charge in [0.25, 0.3) is 0 Å². The molecule has 23 heavy (non-hydrogen) atoms. The lowest BCUT2D eigenvalue weighted by atomic mass is 10.1. The zero-order valence-corrected chi connectivity index (χ0v) is 13.7. The third-order valence-corrected chi connectivity index (χ3v) is 3.75. The van der Waals surface area contributed by atoms with Gasteiger partial charge in [-0.3, -0.25) is 4.79 Å². The van der Waals surface area contributed by atoms with Gasteiger partial charge in [0.15, 0.2) is 0 Å². The fourth-order valence-electron chi connectivity index (χ4n) is 1.99. The van der Waals surface area contributed by atoms with E-state index in [1.54, 1.807) is 19.1 Å². The summed E-state index contributed by atoms with van der Waals surface area (Å²) < 4.78 is 26.5. The summed E-state index contributed by atoms with van der Waals surface area (Å²) in [7, 11) is 0. The lowest BCUT2D eigenvalue weighted by Gasteiger charge is -2.15. The van der Waals surface area contributed by atoms with Crippen LogP contribution in [0.3, 0.4) is 0 Å². The van der Waals surface area contributed by atoms with Crippen molar-refractivity contribution >= 4 is 34.8 Å². The number of carbonyl (C=O) groups excluding carboxylic acids is 1. The van der Waals surface area contributed by atoms with E-state index in [-0.39, 0.29) is 18.0 Å². The highest BCUT2D eigenvalue weighted by atomic mass is 35.5. The molecule has 0 saturated heterocycles. The van der Waals surface area contributed by atoms with Crippen LogP contribution in [0, 0.1) is 11.6 Å². The Morgan fingerprint density at radius 3 is 2.57 bits per heavy atom. The minimum Gasteiger partial charge on any atom is -0.324 e. The molecule has 122 valence electrons. The lowest BCUT2D eigenvalue weighted by molar-refractivity contribution is -0.115. The molecule has 2 N–H and O–H groups in total. The molecular weight excluding hydrogens is 345 g/mol. The Morgan fingerprint density at radius 2 is 1.91 bits per heavy atom. The topological polar surface area (TPSA) is 41.1 Å². The average molecular weight is 359 g/mol. The number of amides is 1. The van der Waals surface area contributed by atoms with Crippen LogP contribution in [0.1, 0.15) is 18.5 Å². The molecule has 0 heterocycles. The molecule has 0 aliphatic heterocycles. The van der Waals surface area contributed by atoms with Gasteiger partial charge < -0.3 is 10.6 Å². The van der Waals surface area contributed by atoms with Gasteiger partial charge in [0, 0.05) is 22.7 Å². The predicted octanol–water partition coefficient (Wildman–Crippen LogP) is 4.56. The summed E-state index contributed by atoms with van der Waals surface area (Å²) in [6.45, 7) is 1.62. The maximum absolute atomic E-state index is 13.7. The van der Waals surface area contributed by atoms with Crippen LogP contribution in [-0.4, -0.2) is 12.5 Å². The smallest absolute Gasteiger partial charge is 0.238 e. The van der Waals surface area contributed by atoms with E-state index in [9.17, 15) is 13.6 Å². The second-order valence-corrected chi connectivity index (χ2v) is 5.78. The molecule has 0 aliphatic rings. The largest absolute Gasteiger partial charge is 0.324 e. The molecule has 7 heteroatoms. The Labute approximate surface area is 142 Å². The molecule has 2 rings (SSSR count). The number of hydrogen-bond donors (Lipinski definition) is 2. The number of nitrogens with one attached hydrogen (secondary N) is 2. The SMILES string of the molecule is C[C@@H](NCC(=O)Nc1ccc(Cl)cc1Cl)c1ccc(F)cc1F. The minimum atomic E-state index is -0.661. The first-order valence-electron chi connectivity index (χ1n) is 6.80. The fraction of sp³-hybridized carbons (Fsp3) is 0.188. The number of carbonyl (C=O) groups is 1. The van der Waals surface area contributed by atoms with Crippen molar-refractivity contribution in [2.75, 3.05) is 11.9 Å². The van der Waals surface area contributed by atoms with Gasteiger partial charge in [0.05, 0.1) is 17.3 Å². The monoisotopic (exact) mass is 358 g/mol. The van der Waals surface area contributed by atoms with Gasteiger partial charge in [-0.15, -0.1) is 0 Å². The Balaban J connectivity index is 1.93. The average Bonchev–Trinajstić information content (AvgIpc) is 2.48. The van der Waals surface area contributed by atoms with Crippen molar-refractivity contribution in [3.05, 3.63) is 63.6 Å². The van der Waals surface area contributed by atoms with Crippen LogP contribution in [0.2, 0.25) is 10.0 Å². The summed E-state index contributed by atoms with van der Waals surface area (Å²) in [5, 5.41) is 6.28. The highest BCUT2D eigenvalue weighted by Gasteiger charge is 2.13.